The summed E-state index contributed by atoms with van der Waals surface area (Å²) >= 11 is 5.82. The van der Waals surface area contributed by atoms with Crippen LogP contribution in [-0.2, 0) is 0 Å². The summed E-state index contributed by atoms with van der Waals surface area (Å²) in [5, 5.41) is 3.47. The quantitative estimate of drug-likeness (QED) is 0.773. The van der Waals surface area contributed by atoms with E-state index in [9.17, 15) is 0 Å². The van der Waals surface area contributed by atoms with Gasteiger partial charge in [0.15, 0.2) is 5.82 Å². The Bertz CT molecular complexity index is 419. The van der Waals surface area contributed by atoms with E-state index in [1.54, 1.807) is 0 Å². The Hall–Kier alpha value is -1.07. The molecule has 0 unspecified atom stereocenters. The van der Waals surface area contributed by atoms with Crippen molar-refractivity contribution in [1.82, 2.24) is 14.9 Å². The van der Waals surface area contributed by atoms with E-state index in [0.717, 1.165) is 25.7 Å². The minimum absolute atomic E-state index is 0.235. The number of nitrogens with zero attached hydrogens (tertiary/aromatic N) is 3. The summed E-state index contributed by atoms with van der Waals surface area (Å²) in [6.45, 7) is 6.93. The number of likely N-dealkylation sites (N-methyl/N-ethyl adjacent to an activating group) is 1. The highest BCUT2D eigenvalue weighted by molar-refractivity contribution is 6.28. The van der Waals surface area contributed by atoms with Gasteiger partial charge in [0.25, 0.3) is 0 Å². The Kier molecular flexibility index (Phi) is 4.24. The SMILES string of the molecule is CCN(CCNc1nc(Cl)nc(C)c1N)C1CC1. The van der Waals surface area contributed by atoms with E-state index in [4.69, 9.17) is 17.3 Å². The van der Waals surface area contributed by atoms with E-state index in [1.165, 1.54) is 12.8 Å². The molecule has 0 amide bonds. The van der Waals surface area contributed by atoms with Gasteiger partial charge in [-0.2, -0.15) is 4.98 Å². The topological polar surface area (TPSA) is 67.1 Å². The maximum absolute atomic E-state index is 5.91. The number of aromatic nitrogens is 2. The molecule has 0 aromatic carbocycles. The van der Waals surface area contributed by atoms with E-state index in [2.05, 4.69) is 27.1 Å². The van der Waals surface area contributed by atoms with E-state index in [1.807, 2.05) is 6.92 Å². The van der Waals surface area contributed by atoms with Crippen molar-refractivity contribution in [2.75, 3.05) is 30.7 Å². The Morgan fingerprint density at radius 1 is 1.44 bits per heavy atom. The highest BCUT2D eigenvalue weighted by Crippen LogP contribution is 2.26. The van der Waals surface area contributed by atoms with E-state index >= 15 is 0 Å². The Morgan fingerprint density at radius 3 is 2.78 bits per heavy atom. The largest absolute Gasteiger partial charge is 0.394 e. The third-order valence-corrected chi connectivity index (χ3v) is 3.44. The lowest BCUT2D eigenvalue weighted by molar-refractivity contribution is 0.289. The van der Waals surface area contributed by atoms with Crippen LogP contribution in [0, 0.1) is 6.92 Å². The van der Waals surface area contributed by atoms with Gasteiger partial charge in [0.1, 0.15) is 0 Å². The van der Waals surface area contributed by atoms with Crippen molar-refractivity contribution in [3.63, 3.8) is 0 Å². The van der Waals surface area contributed by atoms with Gasteiger partial charge in [-0.1, -0.05) is 6.92 Å². The zero-order valence-electron chi connectivity index (χ0n) is 10.9. The zero-order chi connectivity index (χ0) is 13.1. The predicted molar refractivity (Wildman–Crippen MR) is 75.0 cm³/mol. The maximum Gasteiger partial charge on any atom is 0.224 e. The first kappa shape index (κ1) is 13.4. The number of nitrogens with two attached hydrogens (primary N) is 1. The molecule has 0 bridgehead atoms. The fourth-order valence-electron chi connectivity index (χ4n) is 2.04. The summed E-state index contributed by atoms with van der Waals surface area (Å²) in [5.74, 6) is 0.638. The average Bonchev–Trinajstić information content (AvgIpc) is 3.14. The molecule has 1 saturated carbocycles. The first-order chi connectivity index (χ1) is 8.61. The van der Waals surface area contributed by atoms with Gasteiger partial charge in [-0.15, -0.1) is 0 Å². The number of nitrogens with one attached hydrogen (secondary N) is 1. The second kappa shape index (κ2) is 5.71. The monoisotopic (exact) mass is 269 g/mol. The normalized spacial score (nSPS) is 15.1. The first-order valence-electron chi connectivity index (χ1n) is 6.39. The predicted octanol–water partition coefficient (Wildman–Crippen LogP) is 1.92. The third kappa shape index (κ3) is 3.23. The lowest BCUT2D eigenvalue weighted by Gasteiger charge is -2.20. The fraction of sp³-hybridized carbons (Fsp3) is 0.667. The molecular weight excluding hydrogens is 250 g/mol. The molecule has 1 aromatic heterocycles. The molecule has 1 aliphatic carbocycles. The van der Waals surface area contributed by atoms with Crippen molar-refractivity contribution in [1.29, 1.82) is 0 Å². The molecule has 0 spiro atoms. The number of nitrogen functional groups attached to an aromatic ring is 1. The highest BCUT2D eigenvalue weighted by Gasteiger charge is 2.27. The zero-order valence-corrected chi connectivity index (χ0v) is 11.7. The van der Waals surface area contributed by atoms with Crippen LogP contribution < -0.4 is 11.1 Å². The molecular formula is C12H20ClN5. The summed E-state index contributed by atoms with van der Waals surface area (Å²) < 4.78 is 0. The first-order valence-corrected chi connectivity index (χ1v) is 6.77. The van der Waals surface area contributed by atoms with Crippen molar-refractivity contribution < 1.29 is 0 Å². The second-order valence-corrected chi connectivity index (χ2v) is 4.96. The second-order valence-electron chi connectivity index (χ2n) is 4.63. The molecule has 0 radical (unpaired) electrons. The van der Waals surface area contributed by atoms with Crippen molar-refractivity contribution in [2.45, 2.75) is 32.7 Å². The summed E-state index contributed by atoms with van der Waals surface area (Å²) in [7, 11) is 0. The minimum atomic E-state index is 0.235. The van der Waals surface area contributed by atoms with Crippen LogP contribution in [0.25, 0.3) is 0 Å². The number of rotatable bonds is 6. The lowest BCUT2D eigenvalue weighted by atomic mass is 10.3. The van der Waals surface area contributed by atoms with Gasteiger partial charge in [0.2, 0.25) is 5.28 Å². The molecule has 1 fully saturated rings. The highest BCUT2D eigenvalue weighted by atomic mass is 35.5. The van der Waals surface area contributed by atoms with Crippen LogP contribution in [0.5, 0.6) is 0 Å². The molecule has 0 saturated heterocycles. The summed E-state index contributed by atoms with van der Waals surface area (Å²) in [6, 6.07) is 0.782. The summed E-state index contributed by atoms with van der Waals surface area (Å²) in [4.78, 5) is 10.6. The van der Waals surface area contributed by atoms with E-state index < -0.39 is 0 Å². The van der Waals surface area contributed by atoms with Gasteiger partial charge in [-0.3, -0.25) is 4.90 Å². The fourth-order valence-corrected chi connectivity index (χ4v) is 2.25. The molecule has 1 aliphatic rings. The molecule has 1 heterocycles. The van der Waals surface area contributed by atoms with Gasteiger partial charge in [-0.05, 0) is 37.9 Å². The maximum atomic E-state index is 5.91. The van der Waals surface area contributed by atoms with Gasteiger partial charge in [-0.25, -0.2) is 4.98 Å². The van der Waals surface area contributed by atoms with Gasteiger partial charge in [0, 0.05) is 19.1 Å². The molecule has 18 heavy (non-hydrogen) atoms. The lowest BCUT2D eigenvalue weighted by Crippen LogP contribution is -2.31. The van der Waals surface area contributed by atoms with Crippen LogP contribution in [0.3, 0.4) is 0 Å². The van der Waals surface area contributed by atoms with Crippen molar-refractivity contribution in [3.05, 3.63) is 11.0 Å². The van der Waals surface area contributed by atoms with E-state index in [0.29, 0.717) is 17.2 Å². The van der Waals surface area contributed by atoms with Gasteiger partial charge in [0.05, 0.1) is 11.4 Å². The number of halogens is 1. The van der Waals surface area contributed by atoms with Crippen molar-refractivity contribution >= 4 is 23.1 Å². The summed E-state index contributed by atoms with van der Waals surface area (Å²) in [6.07, 6.45) is 2.66. The van der Waals surface area contributed by atoms with Crippen LogP contribution in [0.1, 0.15) is 25.5 Å². The third-order valence-electron chi connectivity index (χ3n) is 3.27. The molecule has 5 nitrogen and oxygen atoms in total. The molecule has 2 rings (SSSR count). The van der Waals surface area contributed by atoms with Crippen LogP contribution in [-0.4, -0.2) is 40.5 Å². The Balaban J connectivity index is 1.89. The number of hydrogen-bond acceptors (Lipinski definition) is 5. The summed E-state index contributed by atoms with van der Waals surface area (Å²) in [5.41, 5.74) is 7.21. The van der Waals surface area contributed by atoms with Crippen LogP contribution in [0.15, 0.2) is 0 Å². The molecule has 1 aromatic rings. The Morgan fingerprint density at radius 2 is 2.17 bits per heavy atom. The number of hydrogen-bond donors (Lipinski definition) is 2. The average molecular weight is 270 g/mol. The minimum Gasteiger partial charge on any atom is -0.394 e. The van der Waals surface area contributed by atoms with Crippen molar-refractivity contribution in [2.24, 2.45) is 0 Å². The molecule has 6 heteroatoms. The van der Waals surface area contributed by atoms with Crippen LogP contribution in [0.4, 0.5) is 11.5 Å². The standard InChI is InChI=1S/C12H20ClN5/c1-3-18(9-4-5-9)7-6-15-11-10(14)8(2)16-12(13)17-11/h9H,3-7,14H2,1-2H3,(H,15,16,17). The smallest absolute Gasteiger partial charge is 0.224 e. The van der Waals surface area contributed by atoms with Crippen LogP contribution >= 0.6 is 11.6 Å². The Labute approximate surface area is 113 Å². The van der Waals surface area contributed by atoms with Gasteiger partial charge < -0.3 is 11.1 Å². The molecule has 0 atom stereocenters. The molecule has 0 aliphatic heterocycles. The molecule has 3 N–H and O–H groups in total. The van der Waals surface area contributed by atoms with Crippen molar-refractivity contribution in [3.8, 4) is 0 Å². The van der Waals surface area contributed by atoms with Gasteiger partial charge >= 0.3 is 0 Å². The molecule has 100 valence electrons. The number of anilines is 2. The van der Waals surface area contributed by atoms with Crippen LogP contribution in [0.2, 0.25) is 5.28 Å². The van der Waals surface area contributed by atoms with E-state index in [-0.39, 0.29) is 5.28 Å². The number of aryl methyl sites for hydroxylation is 1.